The molecule has 0 aliphatic carbocycles. The Labute approximate surface area is 179 Å². The van der Waals surface area contributed by atoms with E-state index < -0.39 is 24.3 Å². The van der Waals surface area contributed by atoms with Crippen LogP contribution in [0, 0.1) is 0 Å². The Morgan fingerprint density at radius 2 is 1.65 bits per heavy atom. The minimum Gasteiger partial charge on any atom is -0.465 e. The fourth-order valence-electron chi connectivity index (χ4n) is 3.47. The number of morpholine rings is 1. The highest BCUT2D eigenvalue weighted by Gasteiger charge is 2.35. The third-order valence-corrected chi connectivity index (χ3v) is 5.06. The Hall–Kier alpha value is -3.59. The Bertz CT molecular complexity index is 987. The second-order valence-corrected chi connectivity index (χ2v) is 7.02. The summed E-state index contributed by atoms with van der Waals surface area (Å²) < 4.78 is 20.6. The first-order valence-corrected chi connectivity index (χ1v) is 9.85. The van der Waals surface area contributed by atoms with Gasteiger partial charge in [0.05, 0.1) is 31.5 Å². The van der Waals surface area contributed by atoms with Crippen molar-refractivity contribution in [1.29, 1.82) is 0 Å². The first-order chi connectivity index (χ1) is 15.0. The van der Waals surface area contributed by atoms with E-state index in [0.717, 1.165) is 18.8 Å². The first kappa shape index (κ1) is 20.7. The summed E-state index contributed by atoms with van der Waals surface area (Å²) in [6.45, 7) is 2.93. The molecule has 4 rings (SSSR count). The van der Waals surface area contributed by atoms with E-state index in [2.05, 4.69) is 9.64 Å². The lowest BCUT2D eigenvalue weighted by Crippen LogP contribution is -2.36. The van der Waals surface area contributed by atoms with Crippen LogP contribution in [-0.2, 0) is 18.9 Å². The molecular formula is C22H22N2O7. The minimum atomic E-state index is -1.06. The van der Waals surface area contributed by atoms with Crippen molar-refractivity contribution in [3.63, 3.8) is 0 Å². The zero-order valence-electron chi connectivity index (χ0n) is 17.0. The number of benzene rings is 2. The van der Waals surface area contributed by atoms with Gasteiger partial charge < -0.3 is 23.8 Å². The molecule has 31 heavy (non-hydrogen) atoms. The molecule has 2 fully saturated rings. The molecule has 162 valence electrons. The molecule has 0 N–H and O–H groups in total. The topological polar surface area (TPSA) is 94.6 Å². The summed E-state index contributed by atoms with van der Waals surface area (Å²) in [5.74, 6) is -1.26. The summed E-state index contributed by atoms with van der Waals surface area (Å²) >= 11 is 0. The molecule has 2 heterocycles. The Morgan fingerprint density at radius 1 is 0.968 bits per heavy atom. The lowest BCUT2D eigenvalue weighted by molar-refractivity contribution is -0.0450. The molecule has 0 spiro atoms. The first-order valence-electron chi connectivity index (χ1n) is 9.85. The summed E-state index contributed by atoms with van der Waals surface area (Å²) in [7, 11) is 1.26. The van der Waals surface area contributed by atoms with Crippen LogP contribution in [0.1, 0.15) is 20.7 Å². The number of cyclic esters (lactones) is 1. The lowest BCUT2D eigenvalue weighted by atomic mass is 10.1. The summed E-state index contributed by atoms with van der Waals surface area (Å²) in [5, 5.41) is 0. The van der Waals surface area contributed by atoms with Crippen LogP contribution >= 0.6 is 0 Å². The van der Waals surface area contributed by atoms with Crippen LogP contribution in [0.5, 0.6) is 0 Å². The summed E-state index contributed by atoms with van der Waals surface area (Å²) in [6.07, 6.45) is -1.66. The van der Waals surface area contributed by atoms with Crippen molar-refractivity contribution in [2.75, 3.05) is 49.8 Å². The van der Waals surface area contributed by atoms with Crippen LogP contribution in [0.2, 0.25) is 0 Å². The molecule has 0 saturated carbocycles. The second-order valence-electron chi connectivity index (χ2n) is 7.02. The van der Waals surface area contributed by atoms with Crippen molar-refractivity contribution in [3.8, 4) is 0 Å². The van der Waals surface area contributed by atoms with Gasteiger partial charge in [-0.05, 0) is 36.4 Å². The van der Waals surface area contributed by atoms with E-state index in [1.165, 1.54) is 30.2 Å². The average molecular weight is 426 g/mol. The number of esters is 2. The van der Waals surface area contributed by atoms with E-state index in [9.17, 15) is 14.4 Å². The van der Waals surface area contributed by atoms with Crippen LogP contribution < -0.4 is 9.80 Å². The molecule has 2 aliphatic rings. The highest BCUT2D eigenvalue weighted by molar-refractivity contribution is 5.96. The highest BCUT2D eigenvalue weighted by Crippen LogP contribution is 2.27. The van der Waals surface area contributed by atoms with E-state index in [1.807, 2.05) is 18.2 Å². The van der Waals surface area contributed by atoms with Crippen molar-refractivity contribution in [2.45, 2.75) is 6.29 Å². The number of hydrogen-bond acceptors (Lipinski definition) is 8. The van der Waals surface area contributed by atoms with Gasteiger partial charge in [0.1, 0.15) is 6.54 Å². The van der Waals surface area contributed by atoms with Crippen molar-refractivity contribution in [3.05, 3.63) is 59.7 Å². The number of hydrogen-bond donors (Lipinski definition) is 0. The van der Waals surface area contributed by atoms with E-state index in [0.29, 0.717) is 18.9 Å². The van der Waals surface area contributed by atoms with Crippen LogP contribution in [0.15, 0.2) is 48.5 Å². The predicted octanol–water partition coefficient (Wildman–Crippen LogP) is 2.45. The van der Waals surface area contributed by atoms with Gasteiger partial charge in [0.2, 0.25) is 0 Å². The largest absolute Gasteiger partial charge is 0.465 e. The molecule has 1 atom stereocenters. The maximum Gasteiger partial charge on any atom is 0.417 e. The summed E-state index contributed by atoms with van der Waals surface area (Å²) in [6, 6.07) is 13.5. The smallest absolute Gasteiger partial charge is 0.417 e. The van der Waals surface area contributed by atoms with Crippen molar-refractivity contribution < 1.29 is 33.3 Å². The maximum atomic E-state index is 12.5. The minimum absolute atomic E-state index is 0.0633. The number of nitrogens with zero attached hydrogens (tertiary/aromatic N) is 2. The molecule has 0 unspecified atom stereocenters. The zero-order valence-corrected chi connectivity index (χ0v) is 17.0. The van der Waals surface area contributed by atoms with Crippen molar-refractivity contribution in [2.24, 2.45) is 0 Å². The number of ether oxygens (including phenoxy) is 4. The molecule has 2 aliphatic heterocycles. The molecule has 9 heteroatoms. The average Bonchev–Trinajstić information content (AvgIpc) is 3.19. The molecule has 2 saturated heterocycles. The number of rotatable bonds is 5. The standard InChI is InChI=1S/C22H22N2O7/c1-28-20(25)15-4-2-5-16(12-15)21(26)30-19-14-24(22(27)31-19)18-7-3-6-17(13-18)23-8-10-29-11-9-23/h2-7,12-13,19H,8-11,14H2,1H3/t19-/m1/s1. The van der Waals surface area contributed by atoms with Gasteiger partial charge in [0.25, 0.3) is 6.29 Å². The fourth-order valence-corrected chi connectivity index (χ4v) is 3.47. The van der Waals surface area contributed by atoms with Gasteiger partial charge >= 0.3 is 18.0 Å². The van der Waals surface area contributed by atoms with E-state index in [1.54, 1.807) is 12.1 Å². The van der Waals surface area contributed by atoms with Gasteiger partial charge in [0.15, 0.2) is 0 Å². The number of anilines is 2. The van der Waals surface area contributed by atoms with E-state index in [-0.39, 0.29) is 17.7 Å². The summed E-state index contributed by atoms with van der Waals surface area (Å²) in [4.78, 5) is 40.1. The van der Waals surface area contributed by atoms with Crippen molar-refractivity contribution >= 4 is 29.4 Å². The van der Waals surface area contributed by atoms with Crippen LogP contribution in [0.3, 0.4) is 0 Å². The monoisotopic (exact) mass is 426 g/mol. The number of methoxy groups -OCH3 is 1. The summed E-state index contributed by atoms with van der Waals surface area (Å²) in [5.41, 5.74) is 2.02. The van der Waals surface area contributed by atoms with Crippen molar-refractivity contribution in [1.82, 2.24) is 0 Å². The predicted molar refractivity (Wildman–Crippen MR) is 110 cm³/mol. The van der Waals surface area contributed by atoms with Crippen LogP contribution in [0.4, 0.5) is 16.2 Å². The van der Waals surface area contributed by atoms with Gasteiger partial charge in [-0.3, -0.25) is 4.90 Å². The van der Waals surface area contributed by atoms with Gasteiger partial charge in [-0.1, -0.05) is 12.1 Å². The molecule has 0 radical (unpaired) electrons. The third kappa shape index (κ3) is 4.61. The third-order valence-electron chi connectivity index (χ3n) is 5.06. The quantitative estimate of drug-likeness (QED) is 0.673. The van der Waals surface area contributed by atoms with Crippen LogP contribution in [0.25, 0.3) is 0 Å². The van der Waals surface area contributed by atoms with Crippen LogP contribution in [-0.4, -0.2) is 64.3 Å². The Balaban J connectivity index is 1.43. The molecule has 2 aromatic rings. The Kier molecular flexibility index (Phi) is 6.03. The number of amides is 1. The zero-order chi connectivity index (χ0) is 21.8. The maximum absolute atomic E-state index is 12.5. The van der Waals surface area contributed by atoms with Gasteiger partial charge in [-0.2, -0.15) is 0 Å². The van der Waals surface area contributed by atoms with Gasteiger partial charge in [-0.25, -0.2) is 14.4 Å². The number of carbonyl (C=O) groups is 3. The molecule has 2 aromatic carbocycles. The fraction of sp³-hybridized carbons (Fsp3) is 0.318. The Morgan fingerprint density at radius 3 is 2.39 bits per heavy atom. The SMILES string of the molecule is COC(=O)c1cccc(C(=O)O[C@H]2CN(c3cccc(N4CCOCC4)c3)C(=O)O2)c1. The number of carbonyl (C=O) groups excluding carboxylic acids is 3. The molecule has 1 amide bonds. The van der Waals surface area contributed by atoms with Gasteiger partial charge in [-0.15, -0.1) is 0 Å². The molecule has 9 nitrogen and oxygen atoms in total. The molecular weight excluding hydrogens is 404 g/mol. The highest BCUT2D eigenvalue weighted by atomic mass is 16.7. The van der Waals surface area contributed by atoms with E-state index >= 15 is 0 Å². The normalized spacial score (nSPS) is 18.5. The second kappa shape index (κ2) is 9.05. The lowest BCUT2D eigenvalue weighted by Gasteiger charge is -2.29. The molecule has 0 bridgehead atoms. The molecule has 0 aromatic heterocycles. The van der Waals surface area contributed by atoms with Gasteiger partial charge in [0, 0.05) is 24.5 Å². The van der Waals surface area contributed by atoms with E-state index in [4.69, 9.17) is 14.2 Å².